The van der Waals surface area contributed by atoms with Crippen molar-refractivity contribution in [3.8, 4) is 0 Å². The summed E-state index contributed by atoms with van der Waals surface area (Å²) in [5, 5.41) is 21.8. The van der Waals surface area contributed by atoms with E-state index in [9.17, 15) is 28.8 Å². The smallest absolute Gasteiger partial charge is 0.324 e. The van der Waals surface area contributed by atoms with E-state index >= 15 is 0 Å². The lowest BCUT2D eigenvalue weighted by Gasteiger charge is -2.60. The van der Waals surface area contributed by atoms with Gasteiger partial charge in [0.1, 0.15) is 13.1 Å². The third-order valence-corrected chi connectivity index (χ3v) is 4.39. The highest BCUT2D eigenvalue weighted by atomic mass is 16.4. The lowest BCUT2D eigenvalue weighted by atomic mass is 9.61. The fourth-order valence-electron chi connectivity index (χ4n) is 3.53. The first-order valence-electron chi connectivity index (χ1n) is 6.89. The molecule has 1 aliphatic carbocycles. The normalized spacial score (nSPS) is 31.5. The third-order valence-electron chi connectivity index (χ3n) is 4.39. The maximum Gasteiger partial charge on any atom is 0.324 e. The Labute approximate surface area is 133 Å². The second kappa shape index (κ2) is 5.18. The van der Waals surface area contributed by atoms with Crippen LogP contribution in [0.2, 0.25) is 0 Å². The Hall–Kier alpha value is -3.18. The molecular formula is C12H12N4O8. The first-order chi connectivity index (χ1) is 11.2. The lowest BCUT2D eigenvalue weighted by molar-refractivity contribution is -0.167. The zero-order valence-corrected chi connectivity index (χ0v) is 12.0. The minimum Gasteiger partial charge on any atom is -0.480 e. The second-order valence-electron chi connectivity index (χ2n) is 5.66. The Morgan fingerprint density at radius 2 is 1.12 bits per heavy atom. The number of rotatable bonds is 4. The van der Waals surface area contributed by atoms with Crippen LogP contribution in [0.25, 0.3) is 0 Å². The molecule has 0 bridgehead atoms. The minimum absolute atomic E-state index is 0.750. The highest BCUT2D eigenvalue weighted by molar-refractivity contribution is 6.07. The van der Waals surface area contributed by atoms with Gasteiger partial charge >= 0.3 is 24.0 Å². The van der Waals surface area contributed by atoms with Crippen LogP contribution in [0.15, 0.2) is 0 Å². The predicted octanol–water partition coefficient (Wildman–Crippen LogP) is -2.76. The van der Waals surface area contributed by atoms with Crippen molar-refractivity contribution in [1.29, 1.82) is 0 Å². The maximum atomic E-state index is 12.0. The molecule has 24 heavy (non-hydrogen) atoms. The summed E-state index contributed by atoms with van der Waals surface area (Å²) in [5.74, 6) is -6.30. The van der Waals surface area contributed by atoms with E-state index in [1.54, 1.807) is 0 Å². The molecule has 4 N–H and O–H groups in total. The summed E-state index contributed by atoms with van der Waals surface area (Å²) in [7, 11) is 0. The number of urea groups is 2. The average Bonchev–Trinajstić information content (AvgIpc) is 2.40. The van der Waals surface area contributed by atoms with Gasteiger partial charge in [0.2, 0.25) is 11.8 Å². The predicted molar refractivity (Wildman–Crippen MR) is 70.3 cm³/mol. The van der Waals surface area contributed by atoms with Gasteiger partial charge in [-0.15, -0.1) is 0 Å². The van der Waals surface area contributed by atoms with Gasteiger partial charge in [0, 0.05) is 0 Å². The molecule has 1 saturated carbocycles. The van der Waals surface area contributed by atoms with Crippen molar-refractivity contribution >= 4 is 35.8 Å². The average molecular weight is 340 g/mol. The Morgan fingerprint density at radius 3 is 1.42 bits per heavy atom. The summed E-state index contributed by atoms with van der Waals surface area (Å²) in [5.41, 5.74) is 0. The molecule has 3 fully saturated rings. The molecule has 0 aromatic rings. The molecule has 0 radical (unpaired) electrons. The molecule has 3 rings (SSSR count). The molecule has 12 nitrogen and oxygen atoms in total. The Balaban J connectivity index is 1.98. The molecule has 2 saturated heterocycles. The van der Waals surface area contributed by atoms with Crippen LogP contribution in [0, 0.1) is 11.8 Å². The highest BCUT2D eigenvalue weighted by Crippen LogP contribution is 2.45. The minimum atomic E-state index is -1.35. The molecule has 0 aromatic carbocycles. The SMILES string of the molecule is O=C(O)CN1C(=O)NC(=O)[C@@H]2[C@@H]3C(=O)NC(=O)N(CC(=O)O)[C@@H]3[C@@H]21. The quantitative estimate of drug-likeness (QED) is 0.426. The van der Waals surface area contributed by atoms with E-state index in [1.807, 2.05) is 10.6 Å². The first-order valence-corrected chi connectivity index (χ1v) is 6.89. The summed E-state index contributed by atoms with van der Waals surface area (Å²) in [6.07, 6.45) is 0. The van der Waals surface area contributed by atoms with Crippen LogP contribution < -0.4 is 10.6 Å². The van der Waals surface area contributed by atoms with Crippen molar-refractivity contribution < 1.29 is 39.0 Å². The Kier molecular flexibility index (Phi) is 3.39. The number of carboxylic acid groups (broad SMARTS) is 2. The van der Waals surface area contributed by atoms with Crippen molar-refractivity contribution in [3.05, 3.63) is 0 Å². The van der Waals surface area contributed by atoms with Crippen LogP contribution in [0.1, 0.15) is 0 Å². The number of amides is 6. The standard InChI is InChI=1S/C12H12N4O8/c17-3(18)1-15-7-5(9(21)13-11(15)23)6-8(7)16(2-4(19)20)12(24)14-10(6)22/h5-8H,1-2H2,(H,17,18)(H,19,20)(H,13,21,23)(H,14,22,24)/t5-,6+,7-,8+. The van der Waals surface area contributed by atoms with Crippen molar-refractivity contribution in [3.63, 3.8) is 0 Å². The summed E-state index contributed by atoms with van der Waals surface area (Å²) in [4.78, 5) is 71.4. The largest absolute Gasteiger partial charge is 0.480 e. The van der Waals surface area contributed by atoms with Gasteiger partial charge in [-0.25, -0.2) is 9.59 Å². The van der Waals surface area contributed by atoms with E-state index in [4.69, 9.17) is 10.2 Å². The fraction of sp³-hybridized carbons (Fsp3) is 0.500. The number of carbonyl (C=O) groups is 6. The maximum absolute atomic E-state index is 12.0. The van der Waals surface area contributed by atoms with Crippen LogP contribution in [-0.2, 0) is 19.2 Å². The molecule has 12 heteroatoms. The van der Waals surface area contributed by atoms with Crippen LogP contribution in [0.3, 0.4) is 0 Å². The van der Waals surface area contributed by atoms with Gasteiger partial charge in [0.05, 0.1) is 23.9 Å². The second-order valence-corrected chi connectivity index (χ2v) is 5.66. The molecule has 0 spiro atoms. The van der Waals surface area contributed by atoms with Gasteiger partial charge in [-0.05, 0) is 0 Å². The number of aliphatic carboxylic acids is 2. The van der Waals surface area contributed by atoms with Crippen molar-refractivity contribution in [1.82, 2.24) is 20.4 Å². The van der Waals surface area contributed by atoms with Gasteiger partial charge < -0.3 is 20.0 Å². The number of imide groups is 2. The number of hydrogen-bond acceptors (Lipinski definition) is 6. The fourth-order valence-corrected chi connectivity index (χ4v) is 3.53. The summed E-state index contributed by atoms with van der Waals surface area (Å²) in [6.45, 7) is -1.50. The topological polar surface area (TPSA) is 173 Å². The van der Waals surface area contributed by atoms with Crippen LogP contribution in [0.5, 0.6) is 0 Å². The molecular weight excluding hydrogens is 328 g/mol. The van der Waals surface area contributed by atoms with Crippen molar-refractivity contribution in [2.45, 2.75) is 12.1 Å². The summed E-state index contributed by atoms with van der Waals surface area (Å²) >= 11 is 0. The number of carbonyl (C=O) groups excluding carboxylic acids is 4. The number of nitrogens with one attached hydrogen (secondary N) is 2. The van der Waals surface area contributed by atoms with Crippen molar-refractivity contribution in [2.75, 3.05) is 13.1 Å². The van der Waals surface area contributed by atoms with Gasteiger partial charge in [-0.2, -0.15) is 0 Å². The third kappa shape index (κ3) is 2.14. The Morgan fingerprint density at radius 1 is 0.792 bits per heavy atom. The summed E-state index contributed by atoms with van der Waals surface area (Å²) in [6, 6.07) is -4.06. The molecule has 2 aliphatic heterocycles. The van der Waals surface area contributed by atoms with E-state index in [0.717, 1.165) is 9.80 Å². The zero-order valence-electron chi connectivity index (χ0n) is 12.0. The van der Waals surface area contributed by atoms with Gasteiger partial charge in [0.15, 0.2) is 0 Å². The number of nitrogens with zero attached hydrogens (tertiary/aromatic N) is 2. The highest BCUT2D eigenvalue weighted by Gasteiger charge is 2.67. The van der Waals surface area contributed by atoms with E-state index in [0.29, 0.717) is 0 Å². The Bertz CT molecular complexity index is 601. The molecule has 4 atom stereocenters. The van der Waals surface area contributed by atoms with Crippen LogP contribution in [0.4, 0.5) is 9.59 Å². The molecule has 3 aliphatic rings. The molecule has 0 unspecified atom stereocenters. The van der Waals surface area contributed by atoms with Crippen LogP contribution >= 0.6 is 0 Å². The molecule has 6 amide bonds. The van der Waals surface area contributed by atoms with Crippen molar-refractivity contribution in [2.24, 2.45) is 11.8 Å². The van der Waals surface area contributed by atoms with E-state index < -0.39 is 72.8 Å². The molecule has 0 aromatic heterocycles. The number of carboxylic acids is 2. The molecule has 2 heterocycles. The van der Waals surface area contributed by atoms with Gasteiger partial charge in [-0.1, -0.05) is 0 Å². The van der Waals surface area contributed by atoms with Crippen LogP contribution in [-0.4, -0.2) is 81.0 Å². The number of hydrogen-bond donors (Lipinski definition) is 4. The van der Waals surface area contributed by atoms with Gasteiger partial charge in [-0.3, -0.25) is 29.8 Å². The first kappa shape index (κ1) is 15.7. The van der Waals surface area contributed by atoms with E-state index in [-0.39, 0.29) is 0 Å². The monoisotopic (exact) mass is 340 g/mol. The summed E-state index contributed by atoms with van der Waals surface area (Å²) < 4.78 is 0. The molecule has 128 valence electrons. The van der Waals surface area contributed by atoms with E-state index in [1.165, 1.54) is 0 Å². The lowest BCUT2D eigenvalue weighted by Crippen LogP contribution is -2.83. The zero-order chi connectivity index (χ0) is 17.8. The van der Waals surface area contributed by atoms with E-state index in [2.05, 4.69) is 0 Å². The van der Waals surface area contributed by atoms with Gasteiger partial charge in [0.25, 0.3) is 0 Å². The number of fused-ring (bicyclic) bond motifs is 4.